The molecule has 0 atom stereocenters. The number of aromatic nitrogens is 2. The lowest BCUT2D eigenvalue weighted by molar-refractivity contribution is 1.23. The van der Waals surface area contributed by atoms with Crippen molar-refractivity contribution in [3.05, 3.63) is 71.9 Å². The van der Waals surface area contributed by atoms with Gasteiger partial charge in [0.25, 0.3) is 0 Å². The minimum absolute atomic E-state index is 0.724. The van der Waals surface area contributed by atoms with Crippen molar-refractivity contribution in [3.63, 3.8) is 0 Å². The van der Waals surface area contributed by atoms with E-state index in [0.29, 0.717) is 0 Å². The van der Waals surface area contributed by atoms with Crippen molar-refractivity contribution in [2.24, 2.45) is 0 Å². The van der Waals surface area contributed by atoms with Crippen LogP contribution in [0.25, 0.3) is 27.8 Å². The topological polar surface area (TPSA) is 17.3 Å². The van der Waals surface area contributed by atoms with Gasteiger partial charge >= 0.3 is 0 Å². The van der Waals surface area contributed by atoms with Crippen molar-refractivity contribution in [2.45, 2.75) is 0 Å². The molecule has 2 aromatic carbocycles. The van der Waals surface area contributed by atoms with Gasteiger partial charge in [0.2, 0.25) is 0 Å². The minimum atomic E-state index is 0.724. The first-order valence-electron chi connectivity index (χ1n) is 6.45. The average Bonchev–Trinajstić information content (AvgIpc) is 2.96. The Kier molecular flexibility index (Phi) is 2.51. The summed E-state index contributed by atoms with van der Waals surface area (Å²) in [5.74, 6) is 0. The van der Waals surface area contributed by atoms with Crippen molar-refractivity contribution in [2.75, 3.05) is 0 Å². The number of hydrogen-bond acceptors (Lipinski definition) is 1. The highest BCUT2D eigenvalue weighted by Gasteiger charge is 2.09. The van der Waals surface area contributed by atoms with Crippen LogP contribution >= 0.6 is 11.6 Å². The van der Waals surface area contributed by atoms with Gasteiger partial charge in [0.15, 0.2) is 0 Å². The average molecular weight is 279 g/mol. The van der Waals surface area contributed by atoms with E-state index in [1.54, 1.807) is 0 Å². The highest BCUT2D eigenvalue weighted by Crippen LogP contribution is 2.28. The number of para-hydroxylation sites is 2. The van der Waals surface area contributed by atoms with Gasteiger partial charge in [0.1, 0.15) is 0 Å². The van der Waals surface area contributed by atoms with Crippen LogP contribution in [0.1, 0.15) is 0 Å². The Morgan fingerprint density at radius 1 is 0.850 bits per heavy atom. The maximum absolute atomic E-state index is 6.10. The van der Waals surface area contributed by atoms with Gasteiger partial charge in [0, 0.05) is 16.8 Å². The molecule has 0 bridgehead atoms. The number of hydrogen-bond donors (Lipinski definition) is 0. The van der Waals surface area contributed by atoms with Gasteiger partial charge in [0.05, 0.1) is 22.2 Å². The van der Waals surface area contributed by atoms with Gasteiger partial charge in [-0.1, -0.05) is 35.9 Å². The SMILES string of the molecule is Clc1cccc(-c2nc3ccccc3n3cccc23)c1. The molecule has 0 amide bonds. The lowest BCUT2D eigenvalue weighted by Gasteiger charge is -2.08. The Labute approximate surface area is 121 Å². The minimum Gasteiger partial charge on any atom is -0.313 e. The Hall–Kier alpha value is -2.32. The second kappa shape index (κ2) is 4.36. The maximum Gasteiger partial charge on any atom is 0.0950 e. The first-order valence-corrected chi connectivity index (χ1v) is 6.82. The smallest absolute Gasteiger partial charge is 0.0950 e. The molecule has 0 unspecified atom stereocenters. The summed E-state index contributed by atoms with van der Waals surface area (Å²) < 4.78 is 2.17. The lowest BCUT2D eigenvalue weighted by Crippen LogP contribution is -1.94. The van der Waals surface area contributed by atoms with Crippen molar-refractivity contribution < 1.29 is 0 Å². The first-order chi connectivity index (χ1) is 9.83. The Bertz CT molecular complexity index is 924. The molecule has 2 nitrogen and oxygen atoms in total. The molecule has 20 heavy (non-hydrogen) atoms. The number of fused-ring (bicyclic) bond motifs is 3. The predicted molar refractivity (Wildman–Crippen MR) is 83.1 cm³/mol. The van der Waals surface area contributed by atoms with Gasteiger partial charge in [-0.3, -0.25) is 0 Å². The fraction of sp³-hybridized carbons (Fsp3) is 0. The number of benzene rings is 2. The first kappa shape index (κ1) is 11.5. The third-order valence-electron chi connectivity index (χ3n) is 3.46. The summed E-state index contributed by atoms with van der Waals surface area (Å²) in [5, 5.41) is 0.724. The van der Waals surface area contributed by atoms with Crippen LogP contribution in [0.3, 0.4) is 0 Å². The van der Waals surface area contributed by atoms with E-state index < -0.39 is 0 Å². The van der Waals surface area contributed by atoms with E-state index in [2.05, 4.69) is 22.7 Å². The summed E-state index contributed by atoms with van der Waals surface area (Å²) >= 11 is 6.10. The summed E-state index contributed by atoms with van der Waals surface area (Å²) in [5.41, 5.74) is 5.17. The van der Waals surface area contributed by atoms with Gasteiger partial charge in [-0.25, -0.2) is 4.98 Å². The molecule has 0 aliphatic carbocycles. The van der Waals surface area contributed by atoms with Crippen LogP contribution in [0.2, 0.25) is 5.02 Å². The molecule has 0 N–H and O–H groups in total. The van der Waals surface area contributed by atoms with Crippen LogP contribution in [0.4, 0.5) is 0 Å². The van der Waals surface area contributed by atoms with E-state index >= 15 is 0 Å². The molecule has 0 spiro atoms. The van der Waals surface area contributed by atoms with Crippen LogP contribution in [0.5, 0.6) is 0 Å². The van der Waals surface area contributed by atoms with Crippen molar-refractivity contribution in [1.82, 2.24) is 9.38 Å². The summed E-state index contributed by atoms with van der Waals surface area (Å²) in [6.07, 6.45) is 2.06. The molecular weight excluding hydrogens is 268 g/mol. The molecule has 0 fully saturated rings. The van der Waals surface area contributed by atoms with E-state index in [4.69, 9.17) is 16.6 Å². The summed E-state index contributed by atoms with van der Waals surface area (Å²) in [7, 11) is 0. The second-order valence-electron chi connectivity index (χ2n) is 4.72. The van der Waals surface area contributed by atoms with Crippen LogP contribution in [0.15, 0.2) is 66.9 Å². The zero-order valence-corrected chi connectivity index (χ0v) is 11.4. The van der Waals surface area contributed by atoms with Crippen molar-refractivity contribution >= 4 is 28.2 Å². The zero-order chi connectivity index (χ0) is 13.5. The molecule has 0 aliphatic rings. The quantitative estimate of drug-likeness (QED) is 0.488. The van der Waals surface area contributed by atoms with E-state index in [0.717, 1.165) is 32.8 Å². The summed E-state index contributed by atoms with van der Waals surface area (Å²) in [6.45, 7) is 0. The van der Waals surface area contributed by atoms with Crippen molar-refractivity contribution in [1.29, 1.82) is 0 Å². The fourth-order valence-corrected chi connectivity index (χ4v) is 2.76. The maximum atomic E-state index is 6.10. The highest BCUT2D eigenvalue weighted by molar-refractivity contribution is 6.30. The van der Waals surface area contributed by atoms with Gasteiger partial charge in [-0.15, -0.1) is 0 Å². The molecule has 96 valence electrons. The highest BCUT2D eigenvalue weighted by atomic mass is 35.5. The van der Waals surface area contributed by atoms with Crippen molar-refractivity contribution in [3.8, 4) is 11.3 Å². The zero-order valence-electron chi connectivity index (χ0n) is 10.6. The normalized spacial score (nSPS) is 11.2. The van der Waals surface area contributed by atoms with E-state index in [1.807, 2.05) is 48.5 Å². The molecule has 0 saturated heterocycles. The predicted octanol–water partition coefficient (Wildman–Crippen LogP) is 4.81. The van der Waals surface area contributed by atoms with Gasteiger partial charge in [-0.2, -0.15) is 0 Å². The van der Waals surface area contributed by atoms with Crippen LogP contribution in [-0.4, -0.2) is 9.38 Å². The molecule has 0 aliphatic heterocycles. The Morgan fingerprint density at radius 3 is 2.60 bits per heavy atom. The lowest BCUT2D eigenvalue weighted by atomic mass is 10.1. The van der Waals surface area contributed by atoms with Crippen LogP contribution in [0, 0.1) is 0 Å². The molecule has 3 heteroatoms. The van der Waals surface area contributed by atoms with Gasteiger partial charge in [-0.05, 0) is 36.4 Å². The largest absolute Gasteiger partial charge is 0.313 e. The molecular formula is C17H11ClN2. The summed E-state index contributed by atoms with van der Waals surface area (Å²) in [6, 6.07) is 20.1. The Balaban J connectivity index is 2.14. The fourth-order valence-electron chi connectivity index (χ4n) is 2.57. The van der Waals surface area contributed by atoms with E-state index in [-0.39, 0.29) is 0 Å². The molecule has 0 saturated carbocycles. The molecule has 0 radical (unpaired) electrons. The third-order valence-corrected chi connectivity index (χ3v) is 3.70. The molecule has 4 aromatic rings. The third kappa shape index (κ3) is 1.69. The standard InChI is InChI=1S/C17H11ClN2/c18-13-6-3-5-12(11-13)17-16-9-4-10-20(16)15-8-2-1-7-14(15)19-17/h1-11H. The molecule has 2 heterocycles. The Morgan fingerprint density at radius 2 is 1.70 bits per heavy atom. The number of halogens is 1. The van der Waals surface area contributed by atoms with Gasteiger partial charge < -0.3 is 4.40 Å². The van der Waals surface area contributed by atoms with E-state index in [1.165, 1.54) is 0 Å². The monoisotopic (exact) mass is 278 g/mol. The molecule has 4 rings (SSSR count). The van der Waals surface area contributed by atoms with E-state index in [9.17, 15) is 0 Å². The number of rotatable bonds is 1. The summed E-state index contributed by atoms with van der Waals surface area (Å²) in [4.78, 5) is 4.81. The second-order valence-corrected chi connectivity index (χ2v) is 5.16. The molecule has 2 aromatic heterocycles. The van der Waals surface area contributed by atoms with Crippen LogP contribution in [-0.2, 0) is 0 Å². The number of nitrogens with zero attached hydrogens (tertiary/aromatic N) is 2. The van der Waals surface area contributed by atoms with Crippen LogP contribution < -0.4 is 0 Å².